The monoisotopic (exact) mass is 559 g/mol. The van der Waals surface area contributed by atoms with E-state index in [2.05, 4.69) is 17.6 Å². The molecule has 3 amide bonds. The summed E-state index contributed by atoms with van der Waals surface area (Å²) in [5.74, 6) is -0.189. The third-order valence-corrected chi connectivity index (χ3v) is 7.64. The number of carbonyl (C=O) groups excluding carboxylic acids is 4. The molecule has 1 saturated carbocycles. The van der Waals surface area contributed by atoms with Crippen LogP contribution in [-0.2, 0) is 30.4 Å². The van der Waals surface area contributed by atoms with E-state index in [1.165, 1.54) is 13.5 Å². The number of benzene rings is 1. The molecule has 1 aromatic rings. The van der Waals surface area contributed by atoms with Gasteiger partial charge in [-0.25, -0.2) is 9.59 Å². The van der Waals surface area contributed by atoms with Crippen LogP contribution in [0.2, 0.25) is 0 Å². The molecule has 10 nitrogen and oxygen atoms in total. The number of rotatable bonds is 13. The molecule has 0 bridgehead atoms. The number of nitrogens with zero attached hydrogens (tertiary/aromatic N) is 1. The van der Waals surface area contributed by atoms with E-state index >= 15 is 0 Å². The molecule has 1 aliphatic heterocycles. The minimum Gasteiger partial charge on any atom is -0.491 e. The van der Waals surface area contributed by atoms with E-state index in [1.807, 2.05) is 24.3 Å². The number of esters is 1. The molecular weight excluding hydrogens is 514 g/mol. The van der Waals surface area contributed by atoms with E-state index < -0.39 is 30.1 Å². The Kier molecular flexibility index (Phi) is 13.1. The van der Waals surface area contributed by atoms with Crippen molar-refractivity contribution in [1.29, 1.82) is 0 Å². The van der Waals surface area contributed by atoms with Crippen LogP contribution in [0, 0.1) is 5.92 Å². The zero-order chi connectivity index (χ0) is 28.7. The SMILES string of the molecule is CCCCCOC(=O)N[C@@H](CC1CCCCC1)C(=O)N[C@@H](CCC(=O)N1CCOc2ccccc2C1)C(=O)OC. The zero-order valence-electron chi connectivity index (χ0n) is 24.0. The number of methoxy groups -OCH3 is 1. The van der Waals surface area contributed by atoms with E-state index in [-0.39, 0.29) is 25.4 Å². The van der Waals surface area contributed by atoms with Gasteiger partial charge < -0.3 is 29.7 Å². The number of alkyl carbamates (subject to hydrolysis) is 1. The molecule has 1 fully saturated rings. The minimum absolute atomic E-state index is 0.0441. The Morgan fingerprint density at radius 1 is 1.05 bits per heavy atom. The molecule has 1 heterocycles. The molecule has 0 spiro atoms. The normalized spacial score (nSPS) is 16.9. The van der Waals surface area contributed by atoms with Crippen molar-refractivity contribution in [3.8, 4) is 5.75 Å². The van der Waals surface area contributed by atoms with Gasteiger partial charge in [0.15, 0.2) is 0 Å². The fourth-order valence-corrected chi connectivity index (χ4v) is 5.32. The van der Waals surface area contributed by atoms with Crippen LogP contribution in [0.3, 0.4) is 0 Å². The third-order valence-electron chi connectivity index (χ3n) is 7.64. The van der Waals surface area contributed by atoms with Gasteiger partial charge in [0, 0.05) is 18.5 Å². The van der Waals surface area contributed by atoms with E-state index in [4.69, 9.17) is 14.2 Å². The topological polar surface area (TPSA) is 123 Å². The Labute approximate surface area is 237 Å². The number of unbranched alkanes of at least 4 members (excludes halogenated alkanes) is 2. The summed E-state index contributed by atoms with van der Waals surface area (Å²) in [6.45, 7) is 3.57. The number of amides is 3. The van der Waals surface area contributed by atoms with E-state index in [0.717, 1.165) is 56.3 Å². The number of ether oxygens (including phenoxy) is 3. The molecule has 3 rings (SSSR count). The predicted octanol–water partition coefficient (Wildman–Crippen LogP) is 4.10. The first-order valence-electron chi connectivity index (χ1n) is 14.7. The highest BCUT2D eigenvalue weighted by atomic mass is 16.5. The minimum atomic E-state index is -1.02. The molecule has 0 unspecified atom stereocenters. The lowest BCUT2D eigenvalue weighted by Gasteiger charge is -2.28. The molecule has 0 aromatic heterocycles. The Morgan fingerprint density at radius 3 is 2.58 bits per heavy atom. The summed E-state index contributed by atoms with van der Waals surface area (Å²) >= 11 is 0. The Hall–Kier alpha value is -3.30. The standard InChI is InChI=1S/C30H45N3O7/c1-3-4-10-18-40-30(37)32-25(20-22-11-6-5-7-12-22)28(35)31-24(29(36)38-2)15-16-27(34)33-17-19-39-26-14-9-8-13-23(26)21-33/h8-9,13-14,22,24-25H,3-7,10-12,15-21H2,1-2H3,(H,31,35)(H,32,37)/t24-,25-/m0/s1. The van der Waals surface area contributed by atoms with Gasteiger partial charge in [-0.3, -0.25) is 9.59 Å². The van der Waals surface area contributed by atoms with E-state index in [9.17, 15) is 19.2 Å². The molecule has 40 heavy (non-hydrogen) atoms. The molecule has 0 saturated heterocycles. The second kappa shape index (κ2) is 16.7. The predicted molar refractivity (Wildman–Crippen MR) is 150 cm³/mol. The fourth-order valence-electron chi connectivity index (χ4n) is 5.32. The number of hydrogen-bond acceptors (Lipinski definition) is 7. The van der Waals surface area contributed by atoms with Gasteiger partial charge in [-0.2, -0.15) is 0 Å². The Bertz CT molecular complexity index is 980. The summed E-state index contributed by atoms with van der Waals surface area (Å²) in [6, 6.07) is 5.73. The van der Waals surface area contributed by atoms with Crippen molar-refractivity contribution in [3.05, 3.63) is 29.8 Å². The molecule has 222 valence electrons. The van der Waals surface area contributed by atoms with E-state index in [1.54, 1.807) is 4.90 Å². The second-order valence-corrected chi connectivity index (χ2v) is 10.7. The van der Waals surface area contributed by atoms with E-state index in [0.29, 0.717) is 32.0 Å². The lowest BCUT2D eigenvalue weighted by molar-refractivity contribution is -0.146. The molecular formula is C30H45N3O7. The van der Waals surface area contributed by atoms with Crippen molar-refractivity contribution in [2.24, 2.45) is 5.92 Å². The van der Waals surface area contributed by atoms with Gasteiger partial charge in [0.05, 0.1) is 20.3 Å². The first-order valence-corrected chi connectivity index (χ1v) is 14.7. The summed E-state index contributed by atoms with van der Waals surface area (Å²) in [7, 11) is 1.25. The smallest absolute Gasteiger partial charge is 0.407 e. The molecule has 2 atom stereocenters. The first kappa shape index (κ1) is 31.2. The van der Waals surface area contributed by atoms with Crippen LogP contribution in [0.5, 0.6) is 5.75 Å². The molecule has 2 aliphatic rings. The zero-order valence-corrected chi connectivity index (χ0v) is 24.0. The van der Waals surface area contributed by atoms with Crippen molar-refractivity contribution in [3.63, 3.8) is 0 Å². The summed E-state index contributed by atoms with van der Waals surface area (Å²) in [5, 5.41) is 5.47. The van der Waals surface area contributed by atoms with Crippen molar-refractivity contribution in [2.45, 2.75) is 96.2 Å². The maximum Gasteiger partial charge on any atom is 0.407 e. The summed E-state index contributed by atoms with van der Waals surface area (Å²) in [6.07, 6.45) is 8.03. The van der Waals surface area contributed by atoms with Crippen molar-refractivity contribution >= 4 is 23.9 Å². The van der Waals surface area contributed by atoms with Crippen LogP contribution >= 0.6 is 0 Å². The summed E-state index contributed by atoms with van der Waals surface area (Å²) < 4.78 is 16.0. The second-order valence-electron chi connectivity index (χ2n) is 10.7. The van der Waals surface area contributed by atoms with Crippen molar-refractivity contribution < 1.29 is 33.4 Å². The number of carbonyl (C=O) groups is 4. The average molecular weight is 560 g/mol. The molecule has 2 N–H and O–H groups in total. The van der Waals surface area contributed by atoms with Crippen LogP contribution in [0.15, 0.2) is 24.3 Å². The van der Waals surface area contributed by atoms with Gasteiger partial charge in [0.1, 0.15) is 24.4 Å². The van der Waals surface area contributed by atoms with Crippen molar-refractivity contribution in [2.75, 3.05) is 26.9 Å². The maximum absolute atomic E-state index is 13.4. The lowest BCUT2D eigenvalue weighted by Crippen LogP contribution is -2.52. The Morgan fingerprint density at radius 2 is 1.82 bits per heavy atom. The maximum atomic E-state index is 13.4. The van der Waals surface area contributed by atoms with Crippen LogP contribution in [-0.4, -0.2) is 67.7 Å². The molecule has 1 aliphatic carbocycles. The number of nitrogens with one attached hydrogen (secondary N) is 2. The third kappa shape index (κ3) is 10.0. The molecule has 10 heteroatoms. The van der Waals surface area contributed by atoms with Crippen LogP contribution in [0.25, 0.3) is 0 Å². The fraction of sp³-hybridized carbons (Fsp3) is 0.667. The average Bonchev–Trinajstić information content (AvgIpc) is 3.20. The number of para-hydroxylation sites is 1. The van der Waals surface area contributed by atoms with Crippen LogP contribution in [0.1, 0.15) is 83.1 Å². The summed E-state index contributed by atoms with van der Waals surface area (Å²) in [5.41, 5.74) is 0.921. The van der Waals surface area contributed by atoms with Crippen LogP contribution in [0.4, 0.5) is 4.79 Å². The van der Waals surface area contributed by atoms with Gasteiger partial charge in [-0.15, -0.1) is 0 Å². The Balaban J connectivity index is 1.60. The van der Waals surface area contributed by atoms with Gasteiger partial charge >= 0.3 is 12.1 Å². The molecule has 0 radical (unpaired) electrons. The summed E-state index contributed by atoms with van der Waals surface area (Å²) in [4.78, 5) is 53.2. The molecule has 1 aromatic carbocycles. The van der Waals surface area contributed by atoms with Gasteiger partial charge in [-0.05, 0) is 31.2 Å². The highest BCUT2D eigenvalue weighted by molar-refractivity contribution is 5.90. The highest BCUT2D eigenvalue weighted by Gasteiger charge is 2.31. The largest absolute Gasteiger partial charge is 0.491 e. The lowest BCUT2D eigenvalue weighted by atomic mass is 9.84. The van der Waals surface area contributed by atoms with Gasteiger partial charge in [0.25, 0.3) is 0 Å². The van der Waals surface area contributed by atoms with Crippen molar-refractivity contribution in [1.82, 2.24) is 15.5 Å². The van der Waals surface area contributed by atoms with Crippen LogP contribution < -0.4 is 15.4 Å². The van der Waals surface area contributed by atoms with Gasteiger partial charge in [0.2, 0.25) is 11.8 Å². The first-order chi connectivity index (χ1) is 19.4. The quantitative estimate of drug-likeness (QED) is 0.276. The number of hydrogen-bond donors (Lipinski definition) is 2. The number of fused-ring (bicyclic) bond motifs is 1. The highest BCUT2D eigenvalue weighted by Crippen LogP contribution is 2.28. The van der Waals surface area contributed by atoms with Gasteiger partial charge in [-0.1, -0.05) is 70.1 Å².